The average Bonchev–Trinajstić information content (AvgIpc) is 2.53. The van der Waals surface area contributed by atoms with Crippen molar-refractivity contribution < 1.29 is 22.8 Å². The van der Waals surface area contributed by atoms with E-state index in [0.717, 1.165) is 17.7 Å². The fourth-order valence-corrected chi connectivity index (χ4v) is 2.44. The Labute approximate surface area is 149 Å². The molecule has 2 amide bonds. The largest absolute Gasteiger partial charge is 0.418 e. The maximum Gasteiger partial charge on any atom is 0.418 e. The smallest absolute Gasteiger partial charge is 0.318 e. The van der Waals surface area contributed by atoms with Gasteiger partial charge in [-0.15, -0.1) is 0 Å². The Balaban J connectivity index is 2.20. The first-order chi connectivity index (χ1) is 12.0. The summed E-state index contributed by atoms with van der Waals surface area (Å²) in [5.41, 5.74) is -0.537. The lowest BCUT2D eigenvalue weighted by atomic mass is 9.86. The highest BCUT2D eigenvalue weighted by molar-refractivity contribution is 6.43. The predicted molar refractivity (Wildman–Crippen MR) is 93.8 cm³/mol. The summed E-state index contributed by atoms with van der Waals surface area (Å²) >= 11 is 0. The summed E-state index contributed by atoms with van der Waals surface area (Å²) in [6, 6.07) is 11.4. The molecule has 0 unspecified atom stereocenters. The van der Waals surface area contributed by atoms with E-state index in [1.54, 1.807) is 18.2 Å². The molecular weight excluding hydrogens is 345 g/mol. The summed E-state index contributed by atoms with van der Waals surface area (Å²) in [5, 5.41) is 4.49. The molecule has 2 aromatic carbocycles. The number of anilines is 2. The minimum absolute atomic E-state index is 0.288. The molecule has 0 aliphatic rings. The number of nitrogens with one attached hydrogen (secondary N) is 2. The normalized spacial score (nSPS) is 11.8. The van der Waals surface area contributed by atoms with Gasteiger partial charge in [-0.2, -0.15) is 13.2 Å². The van der Waals surface area contributed by atoms with Gasteiger partial charge in [-0.05, 0) is 29.2 Å². The van der Waals surface area contributed by atoms with Gasteiger partial charge in [0.1, 0.15) is 0 Å². The second-order valence-electron chi connectivity index (χ2n) is 6.75. The minimum Gasteiger partial charge on any atom is -0.318 e. The summed E-state index contributed by atoms with van der Waals surface area (Å²) in [4.78, 5) is 24.2. The Hall–Kier alpha value is -2.83. The van der Waals surface area contributed by atoms with Crippen molar-refractivity contribution in [2.24, 2.45) is 0 Å². The Morgan fingerprint density at radius 3 is 1.54 bits per heavy atom. The SMILES string of the molecule is CC(C)(C)c1ccccc1NC(=O)C(=O)Nc1ccccc1C(F)(F)F. The summed E-state index contributed by atoms with van der Waals surface area (Å²) in [6.07, 6.45) is -4.64. The van der Waals surface area contributed by atoms with Crippen molar-refractivity contribution >= 4 is 23.2 Å². The maximum absolute atomic E-state index is 13.0. The van der Waals surface area contributed by atoms with Crippen LogP contribution in [0.2, 0.25) is 0 Å². The monoisotopic (exact) mass is 364 g/mol. The zero-order chi connectivity index (χ0) is 19.5. The molecule has 0 heterocycles. The lowest BCUT2D eigenvalue weighted by Gasteiger charge is -2.22. The molecule has 0 saturated carbocycles. The molecule has 7 heteroatoms. The van der Waals surface area contributed by atoms with Gasteiger partial charge in [0.05, 0.1) is 11.3 Å². The summed E-state index contributed by atoms with van der Waals surface area (Å²) in [7, 11) is 0. The van der Waals surface area contributed by atoms with Crippen molar-refractivity contribution in [1.29, 1.82) is 0 Å². The zero-order valence-corrected chi connectivity index (χ0v) is 14.6. The Morgan fingerprint density at radius 2 is 1.12 bits per heavy atom. The van der Waals surface area contributed by atoms with Gasteiger partial charge in [0.2, 0.25) is 0 Å². The number of rotatable bonds is 2. The highest BCUT2D eigenvalue weighted by Crippen LogP contribution is 2.34. The van der Waals surface area contributed by atoms with E-state index < -0.39 is 29.2 Å². The molecule has 26 heavy (non-hydrogen) atoms. The molecule has 2 aromatic rings. The standard InChI is InChI=1S/C19H19F3N2O2/c1-18(2,3)12-8-4-6-10-14(12)23-16(25)17(26)24-15-11-7-5-9-13(15)19(20,21)22/h4-11H,1-3H3,(H,23,25)(H,24,26). The van der Waals surface area contributed by atoms with Crippen LogP contribution < -0.4 is 10.6 Å². The van der Waals surface area contributed by atoms with Gasteiger partial charge < -0.3 is 10.6 Å². The fourth-order valence-electron chi connectivity index (χ4n) is 2.44. The highest BCUT2D eigenvalue weighted by Gasteiger charge is 2.34. The topological polar surface area (TPSA) is 58.2 Å². The van der Waals surface area contributed by atoms with Gasteiger partial charge in [-0.1, -0.05) is 51.1 Å². The molecular formula is C19H19F3N2O2. The van der Waals surface area contributed by atoms with Crippen LogP contribution in [0.1, 0.15) is 31.9 Å². The van der Waals surface area contributed by atoms with Crippen LogP contribution in [0.25, 0.3) is 0 Å². The molecule has 0 aliphatic heterocycles. The van der Waals surface area contributed by atoms with Crippen molar-refractivity contribution in [2.75, 3.05) is 10.6 Å². The average molecular weight is 364 g/mol. The lowest BCUT2D eigenvalue weighted by molar-refractivity contribution is -0.137. The van der Waals surface area contributed by atoms with Gasteiger partial charge in [-0.3, -0.25) is 9.59 Å². The number of carbonyl (C=O) groups excluding carboxylic acids is 2. The number of benzene rings is 2. The van der Waals surface area contributed by atoms with Crippen molar-refractivity contribution in [1.82, 2.24) is 0 Å². The quantitative estimate of drug-likeness (QED) is 0.767. The van der Waals surface area contributed by atoms with E-state index in [4.69, 9.17) is 0 Å². The number of carbonyl (C=O) groups is 2. The molecule has 2 rings (SSSR count). The van der Waals surface area contributed by atoms with E-state index in [9.17, 15) is 22.8 Å². The van der Waals surface area contributed by atoms with Crippen molar-refractivity contribution in [3.8, 4) is 0 Å². The Bertz CT molecular complexity index is 755. The van der Waals surface area contributed by atoms with Crippen molar-refractivity contribution in [3.63, 3.8) is 0 Å². The van der Waals surface area contributed by atoms with Gasteiger partial charge in [0.15, 0.2) is 0 Å². The molecule has 0 bridgehead atoms. The highest BCUT2D eigenvalue weighted by atomic mass is 19.4. The molecule has 0 saturated heterocycles. The summed E-state index contributed by atoms with van der Waals surface area (Å²) < 4.78 is 38.9. The van der Waals surface area contributed by atoms with Crippen LogP contribution in [-0.4, -0.2) is 11.8 Å². The third-order valence-corrected chi connectivity index (χ3v) is 3.67. The molecule has 0 fully saturated rings. The van der Waals surface area contributed by atoms with Crippen LogP contribution in [0, 0.1) is 0 Å². The first-order valence-corrected chi connectivity index (χ1v) is 7.88. The lowest BCUT2D eigenvalue weighted by Crippen LogP contribution is -2.31. The van der Waals surface area contributed by atoms with Crippen LogP contribution >= 0.6 is 0 Å². The maximum atomic E-state index is 13.0. The predicted octanol–water partition coefficient (Wildman–Crippen LogP) is 4.58. The Morgan fingerprint density at radius 1 is 0.731 bits per heavy atom. The molecule has 0 radical (unpaired) electrons. The van der Waals surface area contributed by atoms with Crippen molar-refractivity contribution in [2.45, 2.75) is 32.4 Å². The Kier molecular flexibility index (Phi) is 5.39. The zero-order valence-electron chi connectivity index (χ0n) is 14.6. The number of alkyl halides is 3. The first kappa shape index (κ1) is 19.5. The molecule has 0 aliphatic carbocycles. The third-order valence-electron chi connectivity index (χ3n) is 3.67. The van der Waals surface area contributed by atoms with E-state index in [-0.39, 0.29) is 5.41 Å². The number of halogens is 3. The molecule has 138 valence electrons. The van der Waals surface area contributed by atoms with Gasteiger partial charge in [0, 0.05) is 5.69 Å². The van der Waals surface area contributed by atoms with Gasteiger partial charge >= 0.3 is 18.0 Å². The van der Waals surface area contributed by atoms with E-state index >= 15 is 0 Å². The van der Waals surface area contributed by atoms with Crippen LogP contribution in [0.5, 0.6) is 0 Å². The molecule has 0 atom stereocenters. The van der Waals surface area contributed by atoms with E-state index in [1.165, 1.54) is 12.1 Å². The molecule has 2 N–H and O–H groups in total. The van der Waals surface area contributed by atoms with Crippen molar-refractivity contribution in [3.05, 3.63) is 59.7 Å². The van der Waals surface area contributed by atoms with Gasteiger partial charge in [0.25, 0.3) is 0 Å². The summed E-state index contributed by atoms with van der Waals surface area (Å²) in [5.74, 6) is -2.22. The minimum atomic E-state index is -4.64. The number of hydrogen-bond acceptors (Lipinski definition) is 2. The number of para-hydroxylation sites is 2. The van der Waals surface area contributed by atoms with Crippen LogP contribution in [0.4, 0.5) is 24.5 Å². The van der Waals surface area contributed by atoms with Crippen LogP contribution in [0.3, 0.4) is 0 Å². The van der Waals surface area contributed by atoms with E-state index in [2.05, 4.69) is 5.32 Å². The molecule has 4 nitrogen and oxygen atoms in total. The molecule has 0 spiro atoms. The molecule has 0 aromatic heterocycles. The number of hydrogen-bond donors (Lipinski definition) is 2. The van der Waals surface area contributed by atoms with E-state index in [0.29, 0.717) is 5.69 Å². The van der Waals surface area contributed by atoms with E-state index in [1.807, 2.05) is 32.2 Å². The first-order valence-electron chi connectivity index (χ1n) is 7.88. The van der Waals surface area contributed by atoms with Gasteiger partial charge in [-0.25, -0.2) is 0 Å². The van der Waals surface area contributed by atoms with Crippen LogP contribution in [-0.2, 0) is 21.2 Å². The second-order valence-corrected chi connectivity index (χ2v) is 6.75. The number of amides is 2. The summed E-state index contributed by atoms with van der Waals surface area (Å²) in [6.45, 7) is 5.83. The second kappa shape index (κ2) is 7.19. The third kappa shape index (κ3) is 4.62. The fraction of sp³-hybridized carbons (Fsp3) is 0.263. The van der Waals surface area contributed by atoms with Crippen LogP contribution in [0.15, 0.2) is 48.5 Å².